The van der Waals surface area contributed by atoms with Crippen LogP contribution in [-0.2, 0) is 11.3 Å². The Morgan fingerprint density at radius 3 is 2.88 bits per heavy atom. The van der Waals surface area contributed by atoms with Crippen LogP contribution in [0, 0.1) is 0 Å². The topological polar surface area (TPSA) is 33.6 Å². The molecule has 1 aromatic carbocycles. The summed E-state index contributed by atoms with van der Waals surface area (Å²) < 4.78 is 5.65. The molecule has 1 heterocycles. The van der Waals surface area contributed by atoms with Crippen LogP contribution in [0.4, 0.5) is 0 Å². The second-order valence-electron chi connectivity index (χ2n) is 4.17. The quantitative estimate of drug-likeness (QED) is 0.838. The molecule has 1 N–H and O–H groups in total. The van der Waals surface area contributed by atoms with Gasteiger partial charge in [0.05, 0.1) is 19.3 Å². The minimum atomic E-state index is 0.256. The van der Waals surface area contributed by atoms with Crippen LogP contribution in [0.25, 0.3) is 0 Å². The van der Waals surface area contributed by atoms with Gasteiger partial charge < -0.3 is 10.1 Å². The average Bonchev–Trinajstić information content (AvgIpc) is 2.80. The first-order valence-corrected chi connectivity index (χ1v) is 5.75. The van der Waals surface area contributed by atoms with Crippen LogP contribution in [0.1, 0.15) is 25.0 Å². The lowest BCUT2D eigenvalue weighted by Gasteiger charge is -2.12. The second-order valence-corrected chi connectivity index (χ2v) is 4.17. The normalized spacial score (nSPS) is 15.1. The molecular weight excluding hydrogens is 200 g/mol. The number of ether oxygens (including phenoxy) is 1. The minimum absolute atomic E-state index is 0.256. The van der Waals surface area contributed by atoms with Crippen LogP contribution in [0.2, 0.25) is 0 Å². The molecule has 0 aliphatic carbocycles. The molecule has 86 valence electrons. The van der Waals surface area contributed by atoms with Crippen LogP contribution >= 0.6 is 0 Å². The molecule has 0 unspecified atom stereocenters. The molecule has 0 saturated carbocycles. The largest absolute Gasteiger partial charge is 0.374 e. The Morgan fingerprint density at radius 2 is 2.19 bits per heavy atom. The Kier molecular flexibility index (Phi) is 3.57. The molecule has 1 aliphatic rings. The lowest BCUT2D eigenvalue weighted by Crippen LogP contribution is -2.21. The summed E-state index contributed by atoms with van der Waals surface area (Å²) in [6.07, 6.45) is 0.256. The van der Waals surface area contributed by atoms with Crippen molar-refractivity contribution < 1.29 is 4.74 Å². The van der Waals surface area contributed by atoms with Crippen molar-refractivity contribution in [3.8, 4) is 0 Å². The third-order valence-corrected chi connectivity index (χ3v) is 2.52. The molecule has 0 bridgehead atoms. The summed E-state index contributed by atoms with van der Waals surface area (Å²) in [4.78, 5) is 4.44. The van der Waals surface area contributed by atoms with Crippen LogP contribution < -0.4 is 5.32 Å². The van der Waals surface area contributed by atoms with Gasteiger partial charge in [-0.15, -0.1) is 0 Å². The summed E-state index contributed by atoms with van der Waals surface area (Å²) in [5, 5.41) is 3.30. The van der Waals surface area contributed by atoms with Gasteiger partial charge in [-0.25, -0.2) is 0 Å². The van der Waals surface area contributed by atoms with E-state index in [9.17, 15) is 0 Å². The van der Waals surface area contributed by atoms with E-state index in [4.69, 9.17) is 4.74 Å². The third-order valence-electron chi connectivity index (χ3n) is 2.52. The van der Waals surface area contributed by atoms with E-state index in [0.29, 0.717) is 6.61 Å². The van der Waals surface area contributed by atoms with E-state index < -0.39 is 0 Å². The second kappa shape index (κ2) is 5.12. The number of hydrogen-bond donors (Lipinski definition) is 1. The summed E-state index contributed by atoms with van der Waals surface area (Å²) in [6, 6.07) is 8.27. The van der Waals surface area contributed by atoms with Crippen LogP contribution in [0.15, 0.2) is 29.3 Å². The number of amidine groups is 1. The summed E-state index contributed by atoms with van der Waals surface area (Å²) in [6.45, 7) is 6.56. The highest BCUT2D eigenvalue weighted by molar-refractivity contribution is 6.00. The standard InChI is InChI=1S/C13H18N2O/c1-10(2)16-9-11-5-3-4-6-12(11)13-14-7-8-15-13/h3-6,10H,7-9H2,1-2H3,(H,14,15). The van der Waals surface area contributed by atoms with E-state index in [0.717, 1.165) is 18.9 Å². The smallest absolute Gasteiger partial charge is 0.128 e. The van der Waals surface area contributed by atoms with Crippen molar-refractivity contribution in [3.05, 3.63) is 35.4 Å². The van der Waals surface area contributed by atoms with Crippen molar-refractivity contribution in [2.24, 2.45) is 4.99 Å². The SMILES string of the molecule is CC(C)OCc1ccccc1C1=NCCN1. The van der Waals surface area contributed by atoms with Crippen LogP contribution in [-0.4, -0.2) is 25.0 Å². The highest BCUT2D eigenvalue weighted by atomic mass is 16.5. The van der Waals surface area contributed by atoms with Crippen molar-refractivity contribution >= 4 is 5.84 Å². The Labute approximate surface area is 96.5 Å². The third kappa shape index (κ3) is 2.61. The fraction of sp³-hybridized carbons (Fsp3) is 0.462. The molecule has 1 aliphatic heterocycles. The first kappa shape index (κ1) is 11.1. The lowest BCUT2D eigenvalue weighted by atomic mass is 10.1. The molecular formula is C13H18N2O. The van der Waals surface area contributed by atoms with Crippen molar-refractivity contribution in [1.82, 2.24) is 5.32 Å². The van der Waals surface area contributed by atoms with Crippen LogP contribution in [0.3, 0.4) is 0 Å². The number of nitrogens with zero attached hydrogens (tertiary/aromatic N) is 1. The maximum atomic E-state index is 5.65. The number of aliphatic imine (C=N–C) groups is 1. The minimum Gasteiger partial charge on any atom is -0.374 e. The maximum Gasteiger partial charge on any atom is 0.128 e. The summed E-state index contributed by atoms with van der Waals surface area (Å²) in [5.74, 6) is 1.00. The van der Waals surface area contributed by atoms with E-state index >= 15 is 0 Å². The van der Waals surface area contributed by atoms with Gasteiger partial charge in [-0.05, 0) is 19.4 Å². The first-order chi connectivity index (χ1) is 7.77. The molecule has 3 nitrogen and oxygen atoms in total. The number of hydrogen-bond acceptors (Lipinski definition) is 3. The van der Waals surface area contributed by atoms with E-state index in [1.54, 1.807) is 0 Å². The van der Waals surface area contributed by atoms with Gasteiger partial charge in [0, 0.05) is 12.1 Å². The zero-order valence-corrected chi connectivity index (χ0v) is 9.86. The Bertz CT molecular complexity index is 385. The molecule has 0 saturated heterocycles. The first-order valence-electron chi connectivity index (χ1n) is 5.75. The van der Waals surface area contributed by atoms with Crippen molar-refractivity contribution in [1.29, 1.82) is 0 Å². The predicted molar refractivity (Wildman–Crippen MR) is 65.8 cm³/mol. The van der Waals surface area contributed by atoms with Crippen molar-refractivity contribution in [3.63, 3.8) is 0 Å². The fourth-order valence-electron chi connectivity index (χ4n) is 1.71. The molecule has 16 heavy (non-hydrogen) atoms. The van der Waals surface area contributed by atoms with Gasteiger partial charge in [0.1, 0.15) is 5.84 Å². The molecule has 3 heteroatoms. The van der Waals surface area contributed by atoms with Gasteiger partial charge >= 0.3 is 0 Å². The number of nitrogens with one attached hydrogen (secondary N) is 1. The molecule has 0 spiro atoms. The van der Waals surface area contributed by atoms with E-state index in [1.165, 1.54) is 11.1 Å². The molecule has 0 fully saturated rings. The van der Waals surface area contributed by atoms with E-state index in [-0.39, 0.29) is 6.10 Å². The summed E-state index contributed by atoms with van der Waals surface area (Å²) >= 11 is 0. The Hall–Kier alpha value is -1.35. The zero-order valence-electron chi connectivity index (χ0n) is 9.86. The van der Waals surface area contributed by atoms with Crippen molar-refractivity contribution in [2.45, 2.75) is 26.6 Å². The molecule has 2 rings (SSSR count). The van der Waals surface area contributed by atoms with Gasteiger partial charge in [0.25, 0.3) is 0 Å². The Balaban J connectivity index is 2.17. The zero-order chi connectivity index (χ0) is 11.4. The average molecular weight is 218 g/mol. The molecule has 0 atom stereocenters. The maximum absolute atomic E-state index is 5.65. The lowest BCUT2D eigenvalue weighted by molar-refractivity contribution is 0.0656. The van der Waals surface area contributed by atoms with Crippen LogP contribution in [0.5, 0.6) is 0 Å². The summed E-state index contributed by atoms with van der Waals surface area (Å²) in [7, 11) is 0. The van der Waals surface area contributed by atoms with E-state index in [2.05, 4.69) is 22.4 Å². The van der Waals surface area contributed by atoms with E-state index in [1.807, 2.05) is 26.0 Å². The van der Waals surface area contributed by atoms with Gasteiger partial charge in [-0.3, -0.25) is 4.99 Å². The van der Waals surface area contributed by atoms with Crippen molar-refractivity contribution in [2.75, 3.05) is 13.1 Å². The highest BCUT2D eigenvalue weighted by Crippen LogP contribution is 2.13. The fourth-order valence-corrected chi connectivity index (χ4v) is 1.71. The summed E-state index contributed by atoms with van der Waals surface area (Å²) in [5.41, 5.74) is 2.37. The monoisotopic (exact) mass is 218 g/mol. The predicted octanol–water partition coefficient (Wildman–Crippen LogP) is 1.96. The van der Waals surface area contributed by atoms with Gasteiger partial charge in [0.2, 0.25) is 0 Å². The highest BCUT2D eigenvalue weighted by Gasteiger charge is 2.12. The molecule has 0 aromatic heterocycles. The Morgan fingerprint density at radius 1 is 1.38 bits per heavy atom. The number of rotatable bonds is 4. The van der Waals surface area contributed by atoms with Gasteiger partial charge in [-0.1, -0.05) is 24.3 Å². The number of benzene rings is 1. The van der Waals surface area contributed by atoms with Gasteiger partial charge in [0.15, 0.2) is 0 Å². The molecule has 0 radical (unpaired) electrons. The van der Waals surface area contributed by atoms with Gasteiger partial charge in [-0.2, -0.15) is 0 Å². The molecule has 1 aromatic rings. The molecule has 0 amide bonds.